The van der Waals surface area contributed by atoms with Gasteiger partial charge in [0.25, 0.3) is 5.91 Å². The van der Waals surface area contributed by atoms with Gasteiger partial charge in [0, 0.05) is 13.1 Å². The van der Waals surface area contributed by atoms with Crippen LogP contribution in [0.15, 0.2) is 18.2 Å². The Morgan fingerprint density at radius 2 is 2.11 bits per heavy atom. The number of piperidine rings is 1. The zero-order chi connectivity index (χ0) is 14.0. The number of nitrogens with zero attached hydrogens (tertiary/aromatic N) is 1. The molecule has 1 aromatic carbocycles. The lowest BCUT2D eigenvalue weighted by Gasteiger charge is -2.35. The Morgan fingerprint density at radius 3 is 2.74 bits per heavy atom. The predicted molar refractivity (Wildman–Crippen MR) is 76.3 cm³/mol. The van der Waals surface area contributed by atoms with Gasteiger partial charge in [0.05, 0.1) is 18.4 Å². The van der Waals surface area contributed by atoms with Crippen LogP contribution in [-0.2, 0) is 0 Å². The molecule has 104 valence electrons. The Hall–Kier alpha value is -1.71. The van der Waals surface area contributed by atoms with Crippen molar-refractivity contribution in [3.63, 3.8) is 0 Å². The van der Waals surface area contributed by atoms with Gasteiger partial charge in [-0.25, -0.2) is 0 Å². The second-order valence-corrected chi connectivity index (χ2v) is 5.42. The van der Waals surface area contributed by atoms with Gasteiger partial charge in [0.15, 0.2) is 5.75 Å². The second-order valence-electron chi connectivity index (χ2n) is 5.42. The fourth-order valence-corrected chi connectivity index (χ4v) is 2.57. The minimum atomic E-state index is 0.0166. The Kier molecular flexibility index (Phi) is 3.98. The summed E-state index contributed by atoms with van der Waals surface area (Å²) in [5.41, 5.74) is 6.92. The van der Waals surface area contributed by atoms with Crippen LogP contribution in [0, 0.1) is 11.8 Å². The topological polar surface area (TPSA) is 55.6 Å². The molecule has 1 heterocycles. The van der Waals surface area contributed by atoms with E-state index in [1.165, 1.54) is 0 Å². The zero-order valence-electron chi connectivity index (χ0n) is 11.8. The summed E-state index contributed by atoms with van der Waals surface area (Å²) >= 11 is 0. The minimum absolute atomic E-state index is 0.0166. The van der Waals surface area contributed by atoms with Crippen molar-refractivity contribution in [3.8, 4) is 5.75 Å². The number of carbonyl (C=O) groups excluding carboxylic acids is 1. The molecule has 1 aromatic rings. The first-order valence-corrected chi connectivity index (χ1v) is 6.76. The molecule has 1 saturated heterocycles. The van der Waals surface area contributed by atoms with Gasteiger partial charge >= 0.3 is 0 Å². The standard InChI is InChI=1S/C15H22N2O2/c1-10-7-8-17(9-11(10)2)15(18)12-5-4-6-13(16)14(12)19-3/h4-6,10-11H,7-9,16H2,1-3H3. The van der Waals surface area contributed by atoms with Crippen LogP contribution in [0.3, 0.4) is 0 Å². The van der Waals surface area contributed by atoms with Crippen molar-refractivity contribution >= 4 is 11.6 Å². The Labute approximate surface area is 114 Å². The normalized spacial score (nSPS) is 23.2. The van der Waals surface area contributed by atoms with Crippen molar-refractivity contribution in [2.75, 3.05) is 25.9 Å². The van der Waals surface area contributed by atoms with Gasteiger partial charge in [-0.3, -0.25) is 4.79 Å². The number of nitrogen functional groups attached to an aromatic ring is 1. The molecule has 1 aliphatic rings. The molecule has 2 unspecified atom stereocenters. The van der Waals surface area contributed by atoms with Gasteiger partial charge in [0.1, 0.15) is 0 Å². The van der Waals surface area contributed by atoms with Crippen LogP contribution in [0.25, 0.3) is 0 Å². The quantitative estimate of drug-likeness (QED) is 0.833. The van der Waals surface area contributed by atoms with E-state index in [4.69, 9.17) is 10.5 Å². The highest BCUT2D eigenvalue weighted by atomic mass is 16.5. The average Bonchev–Trinajstić information content (AvgIpc) is 2.40. The highest BCUT2D eigenvalue weighted by molar-refractivity contribution is 5.98. The number of carbonyl (C=O) groups is 1. The highest BCUT2D eigenvalue weighted by Crippen LogP contribution is 2.29. The molecule has 0 spiro atoms. The molecule has 0 bridgehead atoms. The monoisotopic (exact) mass is 262 g/mol. The molecule has 1 amide bonds. The van der Waals surface area contributed by atoms with Gasteiger partial charge in [-0.1, -0.05) is 19.9 Å². The first kappa shape index (κ1) is 13.7. The van der Waals surface area contributed by atoms with Crippen LogP contribution in [0.4, 0.5) is 5.69 Å². The van der Waals surface area contributed by atoms with Crippen LogP contribution >= 0.6 is 0 Å². The van der Waals surface area contributed by atoms with E-state index in [9.17, 15) is 4.79 Å². The second kappa shape index (κ2) is 5.51. The van der Waals surface area contributed by atoms with Crippen LogP contribution in [0.1, 0.15) is 30.6 Å². The van der Waals surface area contributed by atoms with E-state index in [0.717, 1.165) is 19.5 Å². The maximum absolute atomic E-state index is 12.6. The van der Waals surface area contributed by atoms with Crippen LogP contribution < -0.4 is 10.5 Å². The summed E-state index contributed by atoms with van der Waals surface area (Å²) in [6, 6.07) is 5.32. The average molecular weight is 262 g/mol. The number of methoxy groups -OCH3 is 1. The van der Waals surface area contributed by atoms with E-state index in [0.29, 0.717) is 28.8 Å². The van der Waals surface area contributed by atoms with Crippen LogP contribution in [0.5, 0.6) is 5.75 Å². The first-order valence-electron chi connectivity index (χ1n) is 6.76. The number of nitrogens with two attached hydrogens (primary N) is 1. The maximum atomic E-state index is 12.6. The number of rotatable bonds is 2. The van der Waals surface area contributed by atoms with Gasteiger partial charge in [-0.15, -0.1) is 0 Å². The van der Waals surface area contributed by atoms with E-state index >= 15 is 0 Å². The Morgan fingerprint density at radius 1 is 1.37 bits per heavy atom. The summed E-state index contributed by atoms with van der Waals surface area (Å²) in [6.07, 6.45) is 1.05. The third-order valence-electron chi connectivity index (χ3n) is 4.10. The number of hydrogen-bond acceptors (Lipinski definition) is 3. The molecular weight excluding hydrogens is 240 g/mol. The molecule has 0 aliphatic carbocycles. The van der Waals surface area contributed by atoms with Gasteiger partial charge < -0.3 is 15.4 Å². The Bertz CT molecular complexity index is 473. The fourth-order valence-electron chi connectivity index (χ4n) is 2.57. The van der Waals surface area contributed by atoms with E-state index in [1.54, 1.807) is 25.3 Å². The summed E-state index contributed by atoms with van der Waals surface area (Å²) in [4.78, 5) is 14.5. The molecule has 2 rings (SSSR count). The highest BCUT2D eigenvalue weighted by Gasteiger charge is 2.28. The van der Waals surface area contributed by atoms with Crippen molar-refractivity contribution in [1.82, 2.24) is 4.90 Å². The lowest BCUT2D eigenvalue weighted by molar-refractivity contribution is 0.0624. The van der Waals surface area contributed by atoms with Crippen molar-refractivity contribution in [2.45, 2.75) is 20.3 Å². The summed E-state index contributed by atoms with van der Waals surface area (Å²) in [6.45, 7) is 6.05. The van der Waals surface area contributed by atoms with Crippen molar-refractivity contribution in [1.29, 1.82) is 0 Å². The predicted octanol–water partition coefficient (Wildman–Crippen LogP) is 2.40. The number of para-hydroxylation sites is 1. The molecule has 19 heavy (non-hydrogen) atoms. The van der Waals surface area contributed by atoms with Gasteiger partial charge in [0.2, 0.25) is 0 Å². The molecular formula is C15H22N2O2. The summed E-state index contributed by atoms with van der Waals surface area (Å²) < 4.78 is 5.26. The molecule has 0 aromatic heterocycles. The minimum Gasteiger partial charge on any atom is -0.494 e. The number of amides is 1. The zero-order valence-corrected chi connectivity index (χ0v) is 11.8. The molecule has 4 heteroatoms. The SMILES string of the molecule is COc1c(N)cccc1C(=O)N1CCC(C)C(C)C1. The van der Waals surface area contributed by atoms with Crippen LogP contribution in [0.2, 0.25) is 0 Å². The molecule has 0 radical (unpaired) electrons. The maximum Gasteiger partial charge on any atom is 0.257 e. The molecule has 4 nitrogen and oxygen atoms in total. The van der Waals surface area contributed by atoms with E-state index < -0.39 is 0 Å². The lowest BCUT2D eigenvalue weighted by atomic mass is 9.88. The summed E-state index contributed by atoms with van der Waals surface area (Å²) in [7, 11) is 1.55. The number of hydrogen-bond donors (Lipinski definition) is 1. The number of ether oxygens (including phenoxy) is 1. The molecule has 0 saturated carbocycles. The van der Waals surface area contributed by atoms with E-state index in [-0.39, 0.29) is 5.91 Å². The third-order valence-corrected chi connectivity index (χ3v) is 4.10. The molecule has 2 atom stereocenters. The van der Waals surface area contributed by atoms with Crippen molar-refractivity contribution in [2.24, 2.45) is 11.8 Å². The fraction of sp³-hybridized carbons (Fsp3) is 0.533. The lowest BCUT2D eigenvalue weighted by Crippen LogP contribution is -2.42. The summed E-state index contributed by atoms with van der Waals surface area (Å²) in [5, 5.41) is 0. The van der Waals surface area contributed by atoms with Crippen molar-refractivity contribution in [3.05, 3.63) is 23.8 Å². The molecule has 2 N–H and O–H groups in total. The van der Waals surface area contributed by atoms with E-state index in [1.807, 2.05) is 4.90 Å². The van der Waals surface area contributed by atoms with Crippen LogP contribution in [-0.4, -0.2) is 31.0 Å². The number of anilines is 1. The Balaban J connectivity index is 2.23. The van der Waals surface area contributed by atoms with Crippen molar-refractivity contribution < 1.29 is 9.53 Å². The van der Waals surface area contributed by atoms with E-state index in [2.05, 4.69) is 13.8 Å². The van der Waals surface area contributed by atoms with Gasteiger partial charge in [-0.05, 0) is 30.4 Å². The third kappa shape index (κ3) is 2.67. The summed E-state index contributed by atoms with van der Waals surface area (Å²) in [5.74, 6) is 1.71. The smallest absolute Gasteiger partial charge is 0.257 e. The first-order chi connectivity index (χ1) is 9.04. The van der Waals surface area contributed by atoms with Gasteiger partial charge in [-0.2, -0.15) is 0 Å². The molecule has 1 fully saturated rings. The number of benzene rings is 1. The largest absolute Gasteiger partial charge is 0.494 e. The molecule has 1 aliphatic heterocycles. The number of likely N-dealkylation sites (tertiary alicyclic amines) is 1.